The Morgan fingerprint density at radius 3 is 2.52 bits per heavy atom. The minimum absolute atomic E-state index is 0.00408. The molecule has 4 heterocycles. The Balaban J connectivity index is 1.29. The lowest BCUT2D eigenvalue weighted by Crippen LogP contribution is -2.63. The number of halogens is 1. The van der Waals surface area contributed by atoms with Gasteiger partial charge in [-0.1, -0.05) is 16.8 Å². The lowest BCUT2D eigenvalue weighted by atomic mass is 9.89. The fourth-order valence-corrected chi connectivity index (χ4v) is 8.37. The van der Waals surface area contributed by atoms with Crippen molar-refractivity contribution in [3.63, 3.8) is 0 Å². The van der Waals surface area contributed by atoms with E-state index >= 15 is 0 Å². The summed E-state index contributed by atoms with van der Waals surface area (Å²) >= 11 is 8.43. The van der Waals surface area contributed by atoms with E-state index < -0.39 is 57.9 Å². The van der Waals surface area contributed by atoms with E-state index in [-0.39, 0.29) is 45.8 Å². The monoisotopic (exact) mass is 751 g/mol. The van der Waals surface area contributed by atoms with Gasteiger partial charge in [0.25, 0.3) is 5.91 Å². The molecule has 7 N–H and O–H groups in total. The molecular weight excluding hydrogens is 716 g/mol. The lowest BCUT2D eigenvalue weighted by molar-refractivity contribution is -0.911. The molecule has 1 aromatic carbocycles. The first-order chi connectivity index (χ1) is 23.5. The van der Waals surface area contributed by atoms with Gasteiger partial charge in [0.2, 0.25) is 11.5 Å². The fraction of sp³-hybridized carbons (Fsp3) is 0.452. The van der Waals surface area contributed by atoms with Crippen LogP contribution in [-0.4, -0.2) is 119 Å². The normalized spacial score (nSPS) is 20.3. The van der Waals surface area contributed by atoms with Crippen LogP contribution in [-0.2, 0) is 24.0 Å². The number of phenolic OH excluding ortho intramolecular Hbond substituents is 2. The van der Waals surface area contributed by atoms with Crippen molar-refractivity contribution in [1.29, 1.82) is 0 Å². The van der Waals surface area contributed by atoms with Gasteiger partial charge in [-0.15, -0.1) is 23.1 Å². The molecule has 2 aromatic rings. The van der Waals surface area contributed by atoms with Crippen molar-refractivity contribution in [2.75, 3.05) is 44.2 Å². The van der Waals surface area contributed by atoms with Gasteiger partial charge < -0.3 is 40.8 Å². The van der Waals surface area contributed by atoms with Gasteiger partial charge in [-0.25, -0.2) is 14.6 Å². The van der Waals surface area contributed by atoms with Crippen LogP contribution in [0, 0.1) is 5.92 Å². The van der Waals surface area contributed by atoms with E-state index in [4.69, 9.17) is 22.2 Å². The largest absolute Gasteiger partial charge is 0.504 e. The number of oxime groups is 1. The molecule has 5 rings (SSSR count). The number of ketones is 1. The second-order valence-corrected chi connectivity index (χ2v) is 15.1. The number of nitrogens with two attached hydrogens (primary N) is 1. The van der Waals surface area contributed by atoms with Gasteiger partial charge >= 0.3 is 11.9 Å². The smallest absolute Gasteiger partial charge is 0.352 e. The van der Waals surface area contributed by atoms with Gasteiger partial charge in [0, 0.05) is 36.0 Å². The minimum Gasteiger partial charge on any atom is -0.504 e. The number of carbonyl (C=O) groups excluding carboxylic acids is 3. The molecule has 1 aromatic heterocycles. The molecule has 2 atom stereocenters. The van der Waals surface area contributed by atoms with Crippen LogP contribution in [0.4, 0.5) is 5.13 Å². The molecule has 16 nitrogen and oxygen atoms in total. The first kappa shape index (κ1) is 36.9. The molecule has 0 radical (unpaired) electrons. The maximum Gasteiger partial charge on any atom is 0.352 e. The number of fused-ring (bicyclic) bond motifs is 1. The number of aliphatic carboxylic acids is 2. The van der Waals surface area contributed by atoms with Crippen LogP contribution in [0.25, 0.3) is 0 Å². The fourth-order valence-electron chi connectivity index (χ4n) is 6.18. The van der Waals surface area contributed by atoms with Crippen molar-refractivity contribution in [2.45, 2.75) is 44.1 Å². The SMILES string of the molecule is CC(C)(O/N=C(\C(=O)CC1C(=O)N2C(C(=O)O)=C(C[N+]3(CCNC(=O)c4ccc(O)c(O)c4Cl)CCCC3)CSC12)c1csc(N)n1)C(=O)O. The van der Waals surface area contributed by atoms with Crippen molar-refractivity contribution in [3.8, 4) is 11.5 Å². The van der Waals surface area contributed by atoms with Gasteiger partial charge in [0.15, 0.2) is 28.1 Å². The first-order valence-corrected chi connectivity index (χ1v) is 17.8. The summed E-state index contributed by atoms with van der Waals surface area (Å²) in [5.74, 6) is -5.92. The maximum absolute atomic E-state index is 13.5. The number of nitrogen functional groups attached to an aromatic ring is 1. The number of rotatable bonds is 14. The number of carbonyl (C=O) groups is 5. The molecule has 0 aliphatic carbocycles. The summed E-state index contributed by atoms with van der Waals surface area (Å²) in [5.41, 5.74) is 4.19. The number of carboxylic acid groups (broad SMARTS) is 2. The zero-order valence-electron chi connectivity index (χ0n) is 27.0. The van der Waals surface area contributed by atoms with Crippen molar-refractivity contribution < 1.29 is 53.7 Å². The topological polar surface area (TPSA) is 242 Å². The van der Waals surface area contributed by atoms with E-state index in [1.165, 1.54) is 42.0 Å². The molecule has 50 heavy (non-hydrogen) atoms. The highest BCUT2D eigenvalue weighted by Gasteiger charge is 2.55. The zero-order chi connectivity index (χ0) is 36.5. The number of nitrogens with zero attached hydrogens (tertiary/aromatic N) is 4. The van der Waals surface area contributed by atoms with Crippen LogP contribution in [0.5, 0.6) is 11.5 Å². The Bertz CT molecular complexity index is 1810. The third kappa shape index (κ3) is 7.38. The number of aromatic hydroxyl groups is 2. The van der Waals surface area contributed by atoms with Gasteiger partial charge in [-0.2, -0.15) is 0 Å². The second-order valence-electron chi connectivity index (χ2n) is 12.7. The predicted octanol–water partition coefficient (Wildman–Crippen LogP) is 2.24. The van der Waals surface area contributed by atoms with Crippen LogP contribution >= 0.6 is 34.7 Å². The Morgan fingerprint density at radius 2 is 1.90 bits per heavy atom. The van der Waals surface area contributed by atoms with Gasteiger partial charge in [0.1, 0.15) is 17.9 Å². The summed E-state index contributed by atoms with van der Waals surface area (Å²) in [7, 11) is 0. The number of benzene rings is 1. The van der Waals surface area contributed by atoms with Gasteiger partial charge in [0.05, 0.1) is 48.1 Å². The number of amides is 2. The number of thioether (sulfide) groups is 1. The molecule has 0 saturated carbocycles. The quantitative estimate of drug-likeness (QED) is 0.0534. The number of phenols is 2. The molecule has 0 bridgehead atoms. The number of β-lactam (4-membered cyclic amide) rings is 1. The molecule has 2 fully saturated rings. The molecule has 2 amide bonds. The Morgan fingerprint density at radius 1 is 1.20 bits per heavy atom. The summed E-state index contributed by atoms with van der Waals surface area (Å²) in [6, 6.07) is 2.46. The molecule has 19 heteroatoms. The number of hydrogen-bond donors (Lipinski definition) is 6. The van der Waals surface area contributed by atoms with Crippen molar-refractivity contribution in [2.24, 2.45) is 11.1 Å². The number of nitrogens with one attached hydrogen (secondary N) is 1. The second kappa shape index (κ2) is 14.5. The molecule has 2 saturated heterocycles. The van der Waals surface area contributed by atoms with E-state index in [0.29, 0.717) is 28.9 Å². The Hall–Kier alpha value is -4.39. The van der Waals surface area contributed by atoms with Gasteiger partial charge in [-0.3, -0.25) is 19.3 Å². The molecule has 0 spiro atoms. The third-order valence-electron chi connectivity index (χ3n) is 8.93. The Labute approximate surface area is 299 Å². The number of thiazole rings is 1. The number of aromatic nitrogens is 1. The van der Waals surface area contributed by atoms with Crippen molar-refractivity contribution in [3.05, 3.63) is 45.1 Å². The predicted molar refractivity (Wildman–Crippen MR) is 183 cm³/mol. The molecule has 3 aliphatic heterocycles. The van der Waals surface area contributed by atoms with E-state index in [1.54, 1.807) is 0 Å². The summed E-state index contributed by atoms with van der Waals surface area (Å²) in [5, 5.41) is 46.5. The summed E-state index contributed by atoms with van der Waals surface area (Å²) < 4.78 is 0.486. The molecule has 3 aliphatic rings. The van der Waals surface area contributed by atoms with Crippen LogP contribution in [0.15, 0.2) is 33.9 Å². The van der Waals surface area contributed by atoms with Crippen LogP contribution in [0.1, 0.15) is 49.2 Å². The average Bonchev–Trinajstić information content (AvgIpc) is 3.71. The van der Waals surface area contributed by atoms with E-state index in [0.717, 1.165) is 43.3 Å². The van der Waals surface area contributed by atoms with E-state index in [1.807, 2.05) is 0 Å². The highest BCUT2D eigenvalue weighted by molar-refractivity contribution is 8.00. The van der Waals surface area contributed by atoms with Crippen molar-refractivity contribution in [1.82, 2.24) is 15.2 Å². The number of Topliss-reactive ketones (excluding diaryl/α,β-unsaturated/α-hetero) is 1. The van der Waals surface area contributed by atoms with E-state index in [9.17, 15) is 44.4 Å². The molecule has 268 valence electrons. The van der Waals surface area contributed by atoms with Crippen LogP contribution in [0.3, 0.4) is 0 Å². The first-order valence-electron chi connectivity index (χ1n) is 15.5. The molecule has 2 unspecified atom stereocenters. The van der Waals surface area contributed by atoms with Crippen LogP contribution in [0.2, 0.25) is 5.02 Å². The summed E-state index contributed by atoms with van der Waals surface area (Å²) in [6.07, 6.45) is 1.45. The zero-order valence-corrected chi connectivity index (χ0v) is 29.4. The number of hydrogen-bond acceptors (Lipinski definition) is 13. The summed E-state index contributed by atoms with van der Waals surface area (Å²) in [6.45, 7) is 5.00. The summed E-state index contributed by atoms with van der Waals surface area (Å²) in [4.78, 5) is 74.4. The maximum atomic E-state index is 13.5. The number of carboxylic acids is 2. The van der Waals surface area contributed by atoms with Crippen molar-refractivity contribution >= 4 is 75.1 Å². The number of likely N-dealkylation sites (tertiary alicyclic amines) is 1. The van der Waals surface area contributed by atoms with Gasteiger partial charge in [-0.05, 0) is 26.0 Å². The minimum atomic E-state index is -1.77. The lowest BCUT2D eigenvalue weighted by Gasteiger charge is -2.50. The van der Waals surface area contributed by atoms with Crippen LogP contribution < -0.4 is 11.1 Å². The number of quaternary nitrogens is 1. The average molecular weight is 752 g/mol. The van der Waals surface area contributed by atoms with E-state index in [2.05, 4.69) is 15.5 Å². The third-order valence-corrected chi connectivity index (χ3v) is 11.4. The molecular formula is C31H36ClN6O10S2+. The number of anilines is 1. The highest BCUT2D eigenvalue weighted by atomic mass is 35.5. The standard InChI is InChI=1S/C31H35ClN6O10S2/c1-31(2,29(46)47)48-36-22(18-14-50-30(33)35-18)20(40)11-17-26(43)37-23(28(44)45)15(13-49-27(17)37)12-38(8-3-4-9-38)10-7-34-25(42)16-5-6-19(39)24(41)21(16)32/h5-6,14,17,27H,3-4,7-13H2,1-2H3,(H6-,33,34,35,36,39,40,41,42,44,45,46,47)/p+1. The highest BCUT2D eigenvalue weighted by Crippen LogP contribution is 2.46. The Kier molecular flexibility index (Phi) is 10.7.